The number of benzene rings is 1. The third kappa shape index (κ3) is 2.42. The minimum atomic E-state index is -0.779. The lowest BCUT2D eigenvalue weighted by atomic mass is 10.0. The average molecular weight is 235 g/mol. The molecule has 2 N–H and O–H groups in total. The predicted molar refractivity (Wildman–Crippen MR) is 64.3 cm³/mol. The van der Waals surface area contributed by atoms with Gasteiger partial charge >= 0.3 is 5.97 Å². The second-order valence-corrected chi connectivity index (χ2v) is 4.43. The summed E-state index contributed by atoms with van der Waals surface area (Å²) in [5, 5.41) is 12.1. The van der Waals surface area contributed by atoms with Gasteiger partial charge in [0.1, 0.15) is 11.8 Å². The highest BCUT2D eigenvalue weighted by atomic mass is 16.5. The molecule has 92 valence electrons. The van der Waals surface area contributed by atoms with Gasteiger partial charge in [-0.25, -0.2) is 0 Å². The molecule has 0 aliphatic carbocycles. The Balaban J connectivity index is 2.23. The summed E-state index contributed by atoms with van der Waals surface area (Å²) in [6.07, 6.45) is 1.49. The molecule has 0 aromatic heterocycles. The number of carboxylic acids is 1. The van der Waals surface area contributed by atoms with Gasteiger partial charge in [0, 0.05) is 11.6 Å². The van der Waals surface area contributed by atoms with Crippen molar-refractivity contribution in [2.45, 2.75) is 31.8 Å². The van der Waals surface area contributed by atoms with Crippen molar-refractivity contribution in [3.05, 3.63) is 29.3 Å². The summed E-state index contributed by atoms with van der Waals surface area (Å²) in [5.74, 6) is 0.0401. The third-order valence-electron chi connectivity index (χ3n) is 3.21. The molecule has 0 saturated carbocycles. The van der Waals surface area contributed by atoms with E-state index in [1.54, 1.807) is 7.11 Å². The number of carbonyl (C=O) groups is 1. The first kappa shape index (κ1) is 11.9. The zero-order chi connectivity index (χ0) is 12.4. The Kier molecular flexibility index (Phi) is 3.33. The molecular formula is C13H17NO3. The molecule has 2 atom stereocenters. The summed E-state index contributed by atoms with van der Waals surface area (Å²) in [7, 11) is 1.64. The summed E-state index contributed by atoms with van der Waals surface area (Å²) < 4.78 is 5.32. The molecule has 1 saturated heterocycles. The van der Waals surface area contributed by atoms with Crippen LogP contribution in [0.15, 0.2) is 18.2 Å². The predicted octanol–water partition coefficient (Wildman–Crippen LogP) is 1.88. The van der Waals surface area contributed by atoms with Crippen molar-refractivity contribution >= 4 is 5.97 Å². The van der Waals surface area contributed by atoms with E-state index in [1.807, 2.05) is 19.1 Å². The average Bonchev–Trinajstić information content (AvgIpc) is 2.78. The van der Waals surface area contributed by atoms with Crippen molar-refractivity contribution in [1.82, 2.24) is 5.32 Å². The Labute approximate surface area is 101 Å². The summed E-state index contributed by atoms with van der Waals surface area (Å²) in [6, 6.07) is 5.61. The molecule has 0 spiro atoms. The number of aryl methyl sites for hydroxylation is 1. The lowest BCUT2D eigenvalue weighted by Gasteiger charge is -2.16. The van der Waals surface area contributed by atoms with Crippen LogP contribution in [0, 0.1) is 6.92 Å². The summed E-state index contributed by atoms with van der Waals surface area (Å²) in [6.45, 7) is 2.02. The fraction of sp³-hybridized carbons (Fsp3) is 0.462. The molecule has 4 heteroatoms. The van der Waals surface area contributed by atoms with Crippen LogP contribution < -0.4 is 10.1 Å². The maximum absolute atomic E-state index is 10.9. The van der Waals surface area contributed by atoms with E-state index in [0.717, 1.165) is 23.3 Å². The molecule has 0 radical (unpaired) electrons. The van der Waals surface area contributed by atoms with Gasteiger partial charge in [0.2, 0.25) is 0 Å². The molecule has 1 fully saturated rings. The third-order valence-corrected chi connectivity index (χ3v) is 3.21. The van der Waals surface area contributed by atoms with Crippen molar-refractivity contribution in [3.63, 3.8) is 0 Å². The van der Waals surface area contributed by atoms with Crippen molar-refractivity contribution in [2.24, 2.45) is 0 Å². The lowest BCUT2D eigenvalue weighted by Crippen LogP contribution is -2.31. The zero-order valence-electron chi connectivity index (χ0n) is 10.1. The van der Waals surface area contributed by atoms with E-state index in [4.69, 9.17) is 9.84 Å². The van der Waals surface area contributed by atoms with Crippen molar-refractivity contribution in [3.8, 4) is 5.75 Å². The number of rotatable bonds is 3. The Hall–Kier alpha value is -1.55. The standard InChI is InChI=1S/C13H17NO3/c1-8-3-6-12(17-2)9(7-8)10-4-5-11(14-10)13(15)16/h3,6-7,10-11,14H,4-5H2,1-2H3,(H,15,16). The largest absolute Gasteiger partial charge is 0.496 e. The normalized spacial score (nSPS) is 23.6. The maximum Gasteiger partial charge on any atom is 0.320 e. The zero-order valence-corrected chi connectivity index (χ0v) is 10.1. The number of methoxy groups -OCH3 is 1. The minimum absolute atomic E-state index is 0.0750. The van der Waals surface area contributed by atoms with E-state index in [1.165, 1.54) is 0 Å². The highest BCUT2D eigenvalue weighted by Crippen LogP contribution is 2.33. The van der Waals surface area contributed by atoms with Gasteiger partial charge in [-0.15, -0.1) is 0 Å². The maximum atomic E-state index is 10.9. The Bertz CT molecular complexity index is 431. The first-order valence-electron chi connectivity index (χ1n) is 5.75. The first-order chi connectivity index (χ1) is 8.11. The topological polar surface area (TPSA) is 58.6 Å². The quantitative estimate of drug-likeness (QED) is 0.839. The minimum Gasteiger partial charge on any atom is -0.496 e. The van der Waals surface area contributed by atoms with Gasteiger partial charge in [-0.3, -0.25) is 10.1 Å². The van der Waals surface area contributed by atoms with Crippen LogP contribution in [0.2, 0.25) is 0 Å². The van der Waals surface area contributed by atoms with Crippen molar-refractivity contribution in [1.29, 1.82) is 0 Å². The molecule has 0 bridgehead atoms. The Morgan fingerprint density at radius 1 is 1.47 bits per heavy atom. The summed E-state index contributed by atoms with van der Waals surface area (Å²) in [4.78, 5) is 10.9. The molecule has 17 heavy (non-hydrogen) atoms. The molecule has 1 aliphatic rings. The van der Waals surface area contributed by atoms with Gasteiger partial charge in [0.25, 0.3) is 0 Å². The van der Waals surface area contributed by atoms with Crippen LogP contribution in [0.1, 0.15) is 30.0 Å². The molecule has 4 nitrogen and oxygen atoms in total. The molecule has 2 unspecified atom stereocenters. The Morgan fingerprint density at radius 2 is 2.24 bits per heavy atom. The fourth-order valence-corrected chi connectivity index (χ4v) is 2.31. The number of carboxylic acid groups (broad SMARTS) is 1. The van der Waals surface area contributed by atoms with Gasteiger partial charge in [-0.05, 0) is 25.8 Å². The van der Waals surface area contributed by atoms with Crippen molar-refractivity contribution < 1.29 is 14.6 Å². The van der Waals surface area contributed by atoms with Gasteiger partial charge in [0.15, 0.2) is 0 Å². The van der Waals surface area contributed by atoms with Crippen molar-refractivity contribution in [2.75, 3.05) is 7.11 Å². The molecule has 2 rings (SSSR count). The molecule has 1 heterocycles. The molecular weight excluding hydrogens is 218 g/mol. The second-order valence-electron chi connectivity index (χ2n) is 4.43. The van der Waals surface area contributed by atoms with Crippen LogP contribution in [0.4, 0.5) is 0 Å². The van der Waals surface area contributed by atoms with E-state index >= 15 is 0 Å². The lowest BCUT2D eigenvalue weighted by molar-refractivity contribution is -0.139. The van der Waals surface area contributed by atoms with E-state index in [-0.39, 0.29) is 6.04 Å². The second kappa shape index (κ2) is 4.75. The van der Waals surface area contributed by atoms with Crippen LogP contribution in [0.25, 0.3) is 0 Å². The number of aliphatic carboxylic acids is 1. The van der Waals surface area contributed by atoms with E-state index in [9.17, 15) is 4.79 Å². The van der Waals surface area contributed by atoms with Crippen LogP contribution in [-0.4, -0.2) is 24.2 Å². The monoisotopic (exact) mass is 235 g/mol. The highest BCUT2D eigenvalue weighted by Gasteiger charge is 2.31. The number of hydrogen-bond acceptors (Lipinski definition) is 3. The van der Waals surface area contributed by atoms with E-state index < -0.39 is 12.0 Å². The number of nitrogens with one attached hydrogen (secondary N) is 1. The molecule has 0 amide bonds. The molecule has 1 aromatic carbocycles. The smallest absolute Gasteiger partial charge is 0.320 e. The fourth-order valence-electron chi connectivity index (χ4n) is 2.31. The van der Waals surface area contributed by atoms with E-state index in [0.29, 0.717) is 6.42 Å². The number of hydrogen-bond donors (Lipinski definition) is 2. The molecule has 1 aromatic rings. The highest BCUT2D eigenvalue weighted by molar-refractivity contribution is 5.74. The van der Waals surface area contributed by atoms with Crippen LogP contribution in [0.5, 0.6) is 5.75 Å². The first-order valence-corrected chi connectivity index (χ1v) is 5.75. The Morgan fingerprint density at radius 3 is 2.82 bits per heavy atom. The van der Waals surface area contributed by atoms with Crippen LogP contribution in [0.3, 0.4) is 0 Å². The summed E-state index contributed by atoms with van der Waals surface area (Å²) in [5.41, 5.74) is 2.21. The van der Waals surface area contributed by atoms with Gasteiger partial charge in [-0.1, -0.05) is 17.7 Å². The van der Waals surface area contributed by atoms with Gasteiger partial charge in [0.05, 0.1) is 7.11 Å². The molecule has 1 aliphatic heterocycles. The van der Waals surface area contributed by atoms with Gasteiger partial charge < -0.3 is 9.84 Å². The van der Waals surface area contributed by atoms with E-state index in [2.05, 4.69) is 11.4 Å². The summed E-state index contributed by atoms with van der Waals surface area (Å²) >= 11 is 0. The number of ether oxygens (including phenoxy) is 1. The van der Waals surface area contributed by atoms with Crippen LogP contribution >= 0.6 is 0 Å². The van der Waals surface area contributed by atoms with Crippen LogP contribution in [-0.2, 0) is 4.79 Å². The SMILES string of the molecule is COc1ccc(C)cc1C1CCC(C(=O)O)N1. The van der Waals surface area contributed by atoms with Gasteiger partial charge in [-0.2, -0.15) is 0 Å².